The standard InChI is InChI=1S/C13H25N3O/c1-13(2,11-14)8-4-6-10-16-9-5-3-7-12(15)17/h16H,3-10H2,1-2H3,(H2,15,17). The molecule has 0 radical (unpaired) electrons. The van der Waals surface area contributed by atoms with Crippen LogP contribution >= 0.6 is 0 Å². The first kappa shape index (κ1) is 15.9. The summed E-state index contributed by atoms with van der Waals surface area (Å²) in [4.78, 5) is 10.5. The largest absolute Gasteiger partial charge is 0.370 e. The quantitative estimate of drug-likeness (QED) is 0.572. The Bertz CT molecular complexity index is 256. The third kappa shape index (κ3) is 11.2. The van der Waals surface area contributed by atoms with Crippen molar-refractivity contribution in [3.8, 4) is 6.07 Å². The van der Waals surface area contributed by atoms with Gasteiger partial charge < -0.3 is 11.1 Å². The predicted octanol–water partition coefficient (Wildman–Crippen LogP) is 1.95. The van der Waals surface area contributed by atoms with Gasteiger partial charge in [-0.15, -0.1) is 0 Å². The zero-order chi connectivity index (χ0) is 13.1. The molecule has 0 unspecified atom stereocenters. The zero-order valence-corrected chi connectivity index (χ0v) is 11.1. The molecular weight excluding hydrogens is 214 g/mol. The van der Waals surface area contributed by atoms with E-state index in [0.717, 1.165) is 45.2 Å². The molecule has 0 bridgehead atoms. The molecule has 1 amide bonds. The molecule has 0 aliphatic rings. The van der Waals surface area contributed by atoms with Gasteiger partial charge in [0.1, 0.15) is 0 Å². The minimum Gasteiger partial charge on any atom is -0.370 e. The van der Waals surface area contributed by atoms with Crippen LogP contribution in [0.1, 0.15) is 52.4 Å². The first-order valence-electron chi connectivity index (χ1n) is 6.38. The monoisotopic (exact) mass is 239 g/mol. The van der Waals surface area contributed by atoms with Gasteiger partial charge in [-0.25, -0.2) is 0 Å². The highest BCUT2D eigenvalue weighted by atomic mass is 16.1. The van der Waals surface area contributed by atoms with Crippen molar-refractivity contribution in [1.82, 2.24) is 5.32 Å². The number of unbranched alkanes of at least 4 members (excludes halogenated alkanes) is 2. The smallest absolute Gasteiger partial charge is 0.217 e. The Morgan fingerprint density at radius 1 is 1.24 bits per heavy atom. The summed E-state index contributed by atoms with van der Waals surface area (Å²) in [6.45, 7) is 5.88. The number of nitrogens with zero attached hydrogens (tertiary/aromatic N) is 1. The number of nitrogens with two attached hydrogens (primary N) is 1. The van der Waals surface area contributed by atoms with E-state index >= 15 is 0 Å². The predicted molar refractivity (Wildman–Crippen MR) is 69.2 cm³/mol. The Labute approximate surface area is 105 Å². The molecule has 98 valence electrons. The second-order valence-corrected chi connectivity index (χ2v) is 5.13. The highest BCUT2D eigenvalue weighted by molar-refractivity contribution is 5.73. The number of nitriles is 1. The van der Waals surface area contributed by atoms with Gasteiger partial charge in [0.15, 0.2) is 0 Å². The topological polar surface area (TPSA) is 78.9 Å². The second kappa shape index (κ2) is 9.00. The van der Waals surface area contributed by atoms with Crippen LogP contribution in [0.25, 0.3) is 0 Å². The van der Waals surface area contributed by atoms with Crippen molar-refractivity contribution in [3.63, 3.8) is 0 Å². The number of hydrogen-bond acceptors (Lipinski definition) is 3. The minimum atomic E-state index is -0.219. The fourth-order valence-corrected chi connectivity index (χ4v) is 1.55. The second-order valence-electron chi connectivity index (χ2n) is 5.13. The third-order valence-corrected chi connectivity index (χ3v) is 2.73. The molecule has 4 nitrogen and oxygen atoms in total. The molecule has 17 heavy (non-hydrogen) atoms. The SMILES string of the molecule is CC(C)(C#N)CCCCNCCCCC(N)=O. The van der Waals surface area contributed by atoms with E-state index in [1.807, 2.05) is 13.8 Å². The van der Waals surface area contributed by atoms with Gasteiger partial charge >= 0.3 is 0 Å². The van der Waals surface area contributed by atoms with Gasteiger partial charge in [0.05, 0.1) is 11.5 Å². The van der Waals surface area contributed by atoms with E-state index in [9.17, 15) is 4.79 Å². The number of rotatable bonds is 10. The van der Waals surface area contributed by atoms with Crippen LogP contribution in [-0.4, -0.2) is 19.0 Å². The summed E-state index contributed by atoms with van der Waals surface area (Å²) in [7, 11) is 0. The van der Waals surface area contributed by atoms with E-state index in [-0.39, 0.29) is 11.3 Å². The Morgan fingerprint density at radius 2 is 1.82 bits per heavy atom. The lowest BCUT2D eigenvalue weighted by Crippen LogP contribution is -2.18. The maximum atomic E-state index is 10.5. The number of nitrogens with one attached hydrogen (secondary N) is 1. The highest BCUT2D eigenvalue weighted by Gasteiger charge is 2.14. The fourth-order valence-electron chi connectivity index (χ4n) is 1.55. The summed E-state index contributed by atoms with van der Waals surface area (Å²) in [5.41, 5.74) is 4.85. The van der Waals surface area contributed by atoms with E-state index in [2.05, 4.69) is 11.4 Å². The molecule has 0 saturated carbocycles. The summed E-state index contributed by atoms with van der Waals surface area (Å²) >= 11 is 0. The van der Waals surface area contributed by atoms with Crippen LogP contribution < -0.4 is 11.1 Å². The van der Waals surface area contributed by atoms with Crippen LogP contribution in [0.2, 0.25) is 0 Å². The number of hydrogen-bond donors (Lipinski definition) is 2. The van der Waals surface area contributed by atoms with Crippen molar-refractivity contribution >= 4 is 5.91 Å². The van der Waals surface area contributed by atoms with Crippen molar-refractivity contribution in [2.24, 2.45) is 11.1 Å². The highest BCUT2D eigenvalue weighted by Crippen LogP contribution is 2.21. The van der Waals surface area contributed by atoms with Gasteiger partial charge in [-0.3, -0.25) is 4.79 Å². The number of amides is 1. The normalized spacial score (nSPS) is 11.1. The van der Waals surface area contributed by atoms with Gasteiger partial charge in [0.25, 0.3) is 0 Å². The third-order valence-electron chi connectivity index (χ3n) is 2.73. The van der Waals surface area contributed by atoms with Crippen LogP contribution in [0.15, 0.2) is 0 Å². The summed E-state index contributed by atoms with van der Waals surface area (Å²) in [5.74, 6) is -0.219. The van der Waals surface area contributed by atoms with Crippen LogP contribution in [0, 0.1) is 16.7 Å². The summed E-state index contributed by atoms with van der Waals surface area (Å²) < 4.78 is 0. The summed E-state index contributed by atoms with van der Waals surface area (Å²) in [6.07, 6.45) is 5.47. The van der Waals surface area contributed by atoms with Crippen molar-refractivity contribution in [3.05, 3.63) is 0 Å². The van der Waals surface area contributed by atoms with Gasteiger partial charge in [-0.2, -0.15) is 5.26 Å². The Kier molecular flexibility index (Phi) is 8.43. The number of primary amides is 1. The summed E-state index contributed by atoms with van der Waals surface area (Å²) in [6, 6.07) is 2.31. The first-order chi connectivity index (χ1) is 7.98. The molecule has 0 aromatic rings. The first-order valence-corrected chi connectivity index (χ1v) is 6.38. The average Bonchev–Trinajstić information content (AvgIpc) is 2.26. The van der Waals surface area contributed by atoms with E-state index in [4.69, 9.17) is 11.0 Å². The molecule has 4 heteroatoms. The molecule has 0 aliphatic carbocycles. The average molecular weight is 239 g/mol. The molecule has 0 spiro atoms. The van der Waals surface area contributed by atoms with Crippen LogP contribution in [0.3, 0.4) is 0 Å². The lowest BCUT2D eigenvalue weighted by molar-refractivity contribution is -0.118. The van der Waals surface area contributed by atoms with Crippen LogP contribution in [0.5, 0.6) is 0 Å². The number of carbonyl (C=O) groups excluding carboxylic acids is 1. The molecule has 0 atom stereocenters. The van der Waals surface area contributed by atoms with Gasteiger partial charge in [-0.1, -0.05) is 6.42 Å². The molecular formula is C13H25N3O. The maximum absolute atomic E-state index is 10.5. The van der Waals surface area contributed by atoms with E-state index in [1.165, 1.54) is 0 Å². The van der Waals surface area contributed by atoms with E-state index < -0.39 is 0 Å². The van der Waals surface area contributed by atoms with Gasteiger partial charge in [0.2, 0.25) is 5.91 Å². The lowest BCUT2D eigenvalue weighted by atomic mass is 9.89. The minimum absolute atomic E-state index is 0.193. The van der Waals surface area contributed by atoms with Gasteiger partial charge in [0, 0.05) is 6.42 Å². The molecule has 3 N–H and O–H groups in total. The van der Waals surface area contributed by atoms with Gasteiger partial charge in [-0.05, 0) is 52.6 Å². The molecule has 0 fully saturated rings. The zero-order valence-electron chi connectivity index (χ0n) is 11.1. The van der Waals surface area contributed by atoms with Crippen molar-refractivity contribution in [2.75, 3.05) is 13.1 Å². The van der Waals surface area contributed by atoms with Crippen molar-refractivity contribution in [2.45, 2.75) is 52.4 Å². The maximum Gasteiger partial charge on any atom is 0.217 e. The molecule has 0 aliphatic heterocycles. The fraction of sp³-hybridized carbons (Fsp3) is 0.846. The molecule has 0 aromatic heterocycles. The Morgan fingerprint density at radius 3 is 2.35 bits per heavy atom. The van der Waals surface area contributed by atoms with Crippen molar-refractivity contribution < 1.29 is 4.79 Å². The summed E-state index contributed by atoms with van der Waals surface area (Å²) in [5, 5.41) is 12.2. The lowest BCUT2D eigenvalue weighted by Gasteiger charge is -2.14. The molecule has 0 aromatic carbocycles. The van der Waals surface area contributed by atoms with Crippen molar-refractivity contribution in [1.29, 1.82) is 5.26 Å². The number of carbonyl (C=O) groups is 1. The van der Waals surface area contributed by atoms with E-state index in [1.54, 1.807) is 0 Å². The Hall–Kier alpha value is -1.08. The molecule has 0 saturated heterocycles. The van der Waals surface area contributed by atoms with Crippen LogP contribution in [0.4, 0.5) is 0 Å². The molecule has 0 rings (SSSR count). The van der Waals surface area contributed by atoms with Crippen LogP contribution in [-0.2, 0) is 4.79 Å². The molecule has 0 heterocycles. The Balaban J connectivity index is 3.20. The van der Waals surface area contributed by atoms with E-state index in [0.29, 0.717) is 6.42 Å².